The molecule has 1 aliphatic rings. The summed E-state index contributed by atoms with van der Waals surface area (Å²) < 4.78 is 5.81. The third-order valence-electron chi connectivity index (χ3n) is 5.15. The number of benzene rings is 1. The second-order valence-electron chi connectivity index (χ2n) is 7.83. The lowest BCUT2D eigenvalue weighted by molar-refractivity contribution is -0.116. The largest absolute Gasteiger partial charge is 0.377 e. The van der Waals surface area contributed by atoms with Crippen LogP contribution < -0.4 is 10.2 Å². The second kappa shape index (κ2) is 10.6. The fourth-order valence-electron chi connectivity index (χ4n) is 3.69. The van der Waals surface area contributed by atoms with Crippen LogP contribution in [0.15, 0.2) is 35.7 Å². The molecule has 1 aliphatic heterocycles. The first-order valence-electron chi connectivity index (χ1n) is 10.5. The number of ether oxygens (including phenoxy) is 1. The van der Waals surface area contributed by atoms with Gasteiger partial charge in [-0.3, -0.25) is 9.59 Å². The van der Waals surface area contributed by atoms with Gasteiger partial charge in [-0.25, -0.2) is 0 Å². The van der Waals surface area contributed by atoms with E-state index < -0.39 is 0 Å². The monoisotopic (exact) mass is 429 g/mol. The summed E-state index contributed by atoms with van der Waals surface area (Å²) in [5, 5.41) is 4.89. The molecule has 1 aromatic heterocycles. The molecule has 2 heterocycles. The summed E-state index contributed by atoms with van der Waals surface area (Å²) in [6.45, 7) is 3.77. The van der Waals surface area contributed by atoms with E-state index in [0.717, 1.165) is 47.7 Å². The maximum Gasteiger partial charge on any atom is 0.264 e. The van der Waals surface area contributed by atoms with Crippen LogP contribution in [-0.2, 0) is 16.1 Å². The van der Waals surface area contributed by atoms with Crippen molar-refractivity contribution in [2.75, 3.05) is 37.5 Å². The van der Waals surface area contributed by atoms with Crippen molar-refractivity contribution < 1.29 is 14.3 Å². The van der Waals surface area contributed by atoms with E-state index in [2.05, 4.69) is 5.32 Å². The molecule has 162 valence electrons. The van der Waals surface area contributed by atoms with Crippen molar-refractivity contribution in [3.8, 4) is 0 Å². The number of carbonyl (C=O) groups excluding carboxylic acids is 2. The number of hydrogen-bond acceptors (Lipinski definition) is 5. The standard InChI is InChI=1S/C23H31N3O3S/c1-4-7-22(27)24-18-10-11-20(25(2)3)17(14-18)15-26(16-19-8-5-12-29-19)23(28)21-9-6-13-30-21/h6,9-11,13-14,19H,4-5,7-8,12,15-16H2,1-3H3,(H,24,27)/t19-/m1/s1. The fraction of sp³-hybridized carbons (Fsp3) is 0.478. The number of hydrogen-bond donors (Lipinski definition) is 1. The molecule has 0 unspecified atom stereocenters. The molecule has 0 aliphatic carbocycles. The minimum absolute atomic E-state index is 0.00641. The molecule has 0 bridgehead atoms. The van der Waals surface area contributed by atoms with Crippen molar-refractivity contribution in [2.24, 2.45) is 0 Å². The molecule has 0 saturated carbocycles. The van der Waals surface area contributed by atoms with Gasteiger partial charge in [-0.2, -0.15) is 0 Å². The number of nitrogens with one attached hydrogen (secondary N) is 1. The molecular weight excluding hydrogens is 398 g/mol. The van der Waals surface area contributed by atoms with Crippen LogP contribution in [0, 0.1) is 0 Å². The van der Waals surface area contributed by atoms with Crippen LogP contribution in [0.1, 0.15) is 47.8 Å². The summed E-state index contributed by atoms with van der Waals surface area (Å²) in [5.41, 5.74) is 2.78. The van der Waals surface area contributed by atoms with Gasteiger partial charge in [0.05, 0.1) is 11.0 Å². The van der Waals surface area contributed by atoms with E-state index >= 15 is 0 Å². The molecule has 0 spiro atoms. The number of thiophene rings is 1. The van der Waals surface area contributed by atoms with Gasteiger partial charge < -0.3 is 19.9 Å². The van der Waals surface area contributed by atoms with Crippen molar-refractivity contribution in [1.82, 2.24) is 4.90 Å². The zero-order valence-electron chi connectivity index (χ0n) is 18.0. The van der Waals surface area contributed by atoms with E-state index in [9.17, 15) is 9.59 Å². The van der Waals surface area contributed by atoms with Gasteiger partial charge >= 0.3 is 0 Å². The van der Waals surface area contributed by atoms with Gasteiger partial charge in [0, 0.05) is 51.6 Å². The highest BCUT2D eigenvalue weighted by molar-refractivity contribution is 7.12. The Balaban J connectivity index is 1.86. The molecule has 2 amide bonds. The maximum atomic E-state index is 13.2. The van der Waals surface area contributed by atoms with E-state index in [1.54, 1.807) is 0 Å². The second-order valence-corrected chi connectivity index (χ2v) is 8.78. The van der Waals surface area contributed by atoms with Gasteiger partial charge in [0.25, 0.3) is 5.91 Å². The Bertz CT molecular complexity index is 845. The zero-order chi connectivity index (χ0) is 21.5. The Morgan fingerprint density at radius 3 is 2.73 bits per heavy atom. The molecule has 2 aromatic rings. The average Bonchev–Trinajstić information content (AvgIpc) is 3.41. The highest BCUT2D eigenvalue weighted by atomic mass is 32.1. The topological polar surface area (TPSA) is 61.9 Å². The Hall–Kier alpha value is -2.38. The predicted molar refractivity (Wildman–Crippen MR) is 122 cm³/mol. The molecule has 6 nitrogen and oxygen atoms in total. The lowest BCUT2D eigenvalue weighted by Gasteiger charge is -2.28. The van der Waals surface area contributed by atoms with Crippen LogP contribution in [0.25, 0.3) is 0 Å². The van der Waals surface area contributed by atoms with Crippen LogP contribution in [0.2, 0.25) is 0 Å². The van der Waals surface area contributed by atoms with Gasteiger partial charge in [-0.05, 0) is 54.5 Å². The molecule has 1 saturated heterocycles. The predicted octanol–water partition coefficient (Wildman–Crippen LogP) is 4.37. The Labute approximate surface area is 182 Å². The van der Waals surface area contributed by atoms with Crippen LogP contribution in [-0.4, -0.2) is 50.1 Å². The van der Waals surface area contributed by atoms with E-state index in [0.29, 0.717) is 19.5 Å². The fourth-order valence-corrected chi connectivity index (χ4v) is 4.38. The zero-order valence-corrected chi connectivity index (χ0v) is 18.8. The third-order valence-corrected chi connectivity index (χ3v) is 6.01. The van der Waals surface area contributed by atoms with E-state index in [1.807, 2.05) is 66.5 Å². The Morgan fingerprint density at radius 2 is 2.10 bits per heavy atom. The van der Waals surface area contributed by atoms with Gasteiger partial charge in [0.2, 0.25) is 5.91 Å². The van der Waals surface area contributed by atoms with Crippen LogP contribution in [0.4, 0.5) is 11.4 Å². The molecule has 7 heteroatoms. The van der Waals surface area contributed by atoms with Gasteiger partial charge in [-0.1, -0.05) is 13.0 Å². The normalized spacial score (nSPS) is 15.8. The molecule has 1 atom stereocenters. The lowest BCUT2D eigenvalue weighted by atomic mass is 10.1. The van der Waals surface area contributed by atoms with E-state index in [1.165, 1.54) is 11.3 Å². The SMILES string of the molecule is CCCC(=O)Nc1ccc(N(C)C)c(CN(C[C@H]2CCCO2)C(=O)c2cccs2)c1. The van der Waals surface area contributed by atoms with Gasteiger partial charge in [0.1, 0.15) is 0 Å². The van der Waals surface area contributed by atoms with E-state index in [-0.39, 0.29) is 17.9 Å². The van der Waals surface area contributed by atoms with E-state index in [4.69, 9.17) is 4.74 Å². The lowest BCUT2D eigenvalue weighted by Crippen LogP contribution is -2.37. The maximum absolute atomic E-state index is 13.2. The molecule has 1 N–H and O–H groups in total. The van der Waals surface area contributed by atoms with Crippen LogP contribution in [0.3, 0.4) is 0 Å². The first-order valence-corrected chi connectivity index (χ1v) is 11.4. The molecule has 1 aromatic carbocycles. The molecule has 0 radical (unpaired) electrons. The summed E-state index contributed by atoms with van der Waals surface area (Å²) in [4.78, 5) is 29.9. The first kappa shape index (κ1) is 22.3. The Morgan fingerprint density at radius 1 is 1.27 bits per heavy atom. The summed E-state index contributed by atoms with van der Waals surface area (Å²) in [7, 11) is 3.97. The minimum atomic E-state index is 0.00641. The van der Waals surface area contributed by atoms with Crippen molar-refractivity contribution in [2.45, 2.75) is 45.3 Å². The highest BCUT2D eigenvalue weighted by Crippen LogP contribution is 2.27. The summed E-state index contributed by atoms with van der Waals surface area (Å²) >= 11 is 1.46. The average molecular weight is 430 g/mol. The molecular formula is C23H31N3O3S. The smallest absolute Gasteiger partial charge is 0.264 e. The molecule has 1 fully saturated rings. The van der Waals surface area contributed by atoms with Crippen molar-refractivity contribution >= 4 is 34.5 Å². The highest BCUT2D eigenvalue weighted by Gasteiger charge is 2.25. The number of amides is 2. The van der Waals surface area contributed by atoms with Crippen molar-refractivity contribution in [1.29, 1.82) is 0 Å². The summed E-state index contributed by atoms with van der Waals surface area (Å²) in [6, 6.07) is 9.66. The first-order chi connectivity index (χ1) is 14.5. The number of carbonyl (C=O) groups is 2. The minimum Gasteiger partial charge on any atom is -0.377 e. The molecule has 30 heavy (non-hydrogen) atoms. The van der Waals surface area contributed by atoms with Gasteiger partial charge in [0.15, 0.2) is 0 Å². The summed E-state index contributed by atoms with van der Waals surface area (Å²) in [5.74, 6) is 0.0255. The van der Waals surface area contributed by atoms with Crippen LogP contribution >= 0.6 is 11.3 Å². The molecule has 3 rings (SSSR count). The van der Waals surface area contributed by atoms with Crippen molar-refractivity contribution in [3.63, 3.8) is 0 Å². The number of rotatable bonds is 9. The van der Waals surface area contributed by atoms with Gasteiger partial charge in [-0.15, -0.1) is 11.3 Å². The van der Waals surface area contributed by atoms with Crippen LogP contribution in [0.5, 0.6) is 0 Å². The third kappa shape index (κ3) is 5.83. The summed E-state index contributed by atoms with van der Waals surface area (Å²) in [6.07, 6.45) is 3.38. The quantitative estimate of drug-likeness (QED) is 0.643. The number of anilines is 2. The van der Waals surface area contributed by atoms with Crippen molar-refractivity contribution in [3.05, 3.63) is 46.2 Å². The Kier molecular flexibility index (Phi) is 7.87. The number of nitrogens with zero attached hydrogens (tertiary/aromatic N) is 2.